The molecule has 1 aromatic rings. The lowest BCUT2D eigenvalue weighted by Crippen LogP contribution is -2.25. The fraction of sp³-hybridized carbons (Fsp3) is 0.364. The Bertz CT molecular complexity index is 454. The number of amides is 1. The molecule has 0 aliphatic rings. The minimum Gasteiger partial charge on any atom is -0.352 e. The largest absolute Gasteiger partial charge is 0.352 e. The highest BCUT2D eigenvalue weighted by Crippen LogP contribution is 2.22. The second-order valence-corrected chi connectivity index (χ2v) is 5.09. The van der Waals surface area contributed by atoms with E-state index in [1.54, 1.807) is 0 Å². The standard InChI is InChI=1S/C11H12ClIN2O3/c12-8-3-4-10(15(17)18)9(7-8)11(16)14-6-2-1-5-13/h3-4,7H,1-2,5-6H2,(H,14,16). The van der Waals surface area contributed by atoms with E-state index in [4.69, 9.17) is 11.6 Å². The molecule has 0 heterocycles. The highest BCUT2D eigenvalue weighted by molar-refractivity contribution is 14.1. The van der Waals surface area contributed by atoms with Crippen LogP contribution in [0.15, 0.2) is 18.2 Å². The van der Waals surface area contributed by atoms with E-state index in [0.29, 0.717) is 11.6 Å². The van der Waals surface area contributed by atoms with Gasteiger partial charge in [-0.25, -0.2) is 0 Å². The summed E-state index contributed by atoms with van der Waals surface area (Å²) < 4.78 is 1.02. The molecule has 0 aliphatic carbocycles. The summed E-state index contributed by atoms with van der Waals surface area (Å²) in [4.78, 5) is 22.0. The Morgan fingerprint density at radius 2 is 2.17 bits per heavy atom. The molecule has 98 valence electrons. The number of carbonyl (C=O) groups is 1. The maximum atomic E-state index is 11.8. The molecule has 1 rings (SSSR count). The minimum absolute atomic E-state index is 0.00183. The predicted octanol–water partition coefficient (Wildman–Crippen LogP) is 3.19. The van der Waals surface area contributed by atoms with Crippen LogP contribution in [0, 0.1) is 10.1 Å². The van der Waals surface area contributed by atoms with Crippen molar-refractivity contribution in [3.8, 4) is 0 Å². The van der Waals surface area contributed by atoms with Gasteiger partial charge >= 0.3 is 0 Å². The van der Waals surface area contributed by atoms with Gasteiger partial charge in [-0.1, -0.05) is 34.2 Å². The molecule has 18 heavy (non-hydrogen) atoms. The Labute approximate surface area is 123 Å². The van der Waals surface area contributed by atoms with Gasteiger partial charge in [0.15, 0.2) is 0 Å². The van der Waals surface area contributed by atoms with Gasteiger partial charge in [0, 0.05) is 17.6 Å². The number of alkyl halides is 1. The lowest BCUT2D eigenvalue weighted by molar-refractivity contribution is -0.385. The molecule has 1 amide bonds. The average Bonchev–Trinajstić information content (AvgIpc) is 2.34. The summed E-state index contributed by atoms with van der Waals surface area (Å²) in [7, 11) is 0. The summed E-state index contributed by atoms with van der Waals surface area (Å²) in [5.41, 5.74) is -0.229. The number of benzene rings is 1. The Balaban J connectivity index is 2.77. The highest BCUT2D eigenvalue weighted by Gasteiger charge is 2.19. The van der Waals surface area contributed by atoms with Gasteiger partial charge in [-0.2, -0.15) is 0 Å². The number of nitrogens with one attached hydrogen (secondary N) is 1. The molecule has 1 N–H and O–H groups in total. The van der Waals surface area contributed by atoms with Crippen LogP contribution in [0.4, 0.5) is 5.69 Å². The van der Waals surface area contributed by atoms with Crippen LogP contribution in [0.3, 0.4) is 0 Å². The Hall–Kier alpha value is -0.890. The smallest absolute Gasteiger partial charge is 0.282 e. The second-order valence-electron chi connectivity index (χ2n) is 3.57. The van der Waals surface area contributed by atoms with Gasteiger partial charge in [0.05, 0.1) is 4.92 Å². The third-order valence-corrected chi connectivity index (χ3v) is 3.24. The minimum atomic E-state index is -0.587. The Morgan fingerprint density at radius 1 is 1.44 bits per heavy atom. The van der Waals surface area contributed by atoms with Gasteiger partial charge in [0.2, 0.25) is 0 Å². The molecule has 1 aromatic carbocycles. The van der Waals surface area contributed by atoms with Crippen molar-refractivity contribution >= 4 is 45.8 Å². The van der Waals surface area contributed by atoms with Crippen molar-refractivity contribution in [3.05, 3.63) is 38.9 Å². The van der Waals surface area contributed by atoms with Crippen LogP contribution in [0.5, 0.6) is 0 Å². The van der Waals surface area contributed by atoms with E-state index in [1.807, 2.05) is 0 Å². The van der Waals surface area contributed by atoms with Crippen LogP contribution in [0.25, 0.3) is 0 Å². The number of rotatable bonds is 6. The van der Waals surface area contributed by atoms with Crippen molar-refractivity contribution in [2.24, 2.45) is 0 Å². The molecule has 0 spiro atoms. The van der Waals surface area contributed by atoms with E-state index in [9.17, 15) is 14.9 Å². The summed E-state index contributed by atoms with van der Waals surface area (Å²) in [5.74, 6) is -0.461. The van der Waals surface area contributed by atoms with Crippen molar-refractivity contribution < 1.29 is 9.72 Å². The van der Waals surface area contributed by atoms with Crippen LogP contribution < -0.4 is 5.32 Å². The number of hydrogen-bond donors (Lipinski definition) is 1. The first kappa shape index (κ1) is 15.2. The van der Waals surface area contributed by atoms with E-state index in [2.05, 4.69) is 27.9 Å². The zero-order chi connectivity index (χ0) is 13.5. The van der Waals surface area contributed by atoms with Crippen LogP contribution in [0.2, 0.25) is 5.02 Å². The van der Waals surface area contributed by atoms with Crippen molar-refractivity contribution in [1.29, 1.82) is 0 Å². The molecule has 0 bridgehead atoms. The molecule has 0 fully saturated rings. The topological polar surface area (TPSA) is 72.2 Å². The third-order valence-electron chi connectivity index (χ3n) is 2.25. The summed E-state index contributed by atoms with van der Waals surface area (Å²) in [6.45, 7) is 0.505. The Kier molecular flexibility index (Phi) is 6.34. The third kappa shape index (κ3) is 4.41. The quantitative estimate of drug-likeness (QED) is 0.270. The fourth-order valence-electron chi connectivity index (χ4n) is 1.37. The molecular formula is C11H12ClIN2O3. The SMILES string of the molecule is O=C(NCCCCI)c1cc(Cl)ccc1[N+](=O)[O-]. The molecular weight excluding hydrogens is 370 g/mol. The summed E-state index contributed by atoms with van der Waals surface area (Å²) in [5, 5.41) is 13.7. The van der Waals surface area contributed by atoms with E-state index >= 15 is 0 Å². The fourth-order valence-corrected chi connectivity index (χ4v) is 2.08. The second kappa shape index (κ2) is 7.52. The molecule has 0 saturated carbocycles. The zero-order valence-corrected chi connectivity index (χ0v) is 12.4. The number of carbonyl (C=O) groups excluding carboxylic acids is 1. The lowest BCUT2D eigenvalue weighted by atomic mass is 10.1. The van der Waals surface area contributed by atoms with E-state index in [0.717, 1.165) is 17.3 Å². The lowest BCUT2D eigenvalue weighted by Gasteiger charge is -2.05. The zero-order valence-electron chi connectivity index (χ0n) is 9.49. The highest BCUT2D eigenvalue weighted by atomic mass is 127. The van der Waals surface area contributed by atoms with Crippen LogP contribution >= 0.6 is 34.2 Å². The van der Waals surface area contributed by atoms with Gasteiger partial charge in [-0.15, -0.1) is 0 Å². The molecule has 0 unspecified atom stereocenters. The summed E-state index contributed by atoms with van der Waals surface area (Å²) >= 11 is 8.00. The van der Waals surface area contributed by atoms with Crippen molar-refractivity contribution in [2.75, 3.05) is 11.0 Å². The van der Waals surface area contributed by atoms with E-state index in [1.165, 1.54) is 18.2 Å². The molecule has 0 aliphatic heterocycles. The van der Waals surface area contributed by atoms with Crippen molar-refractivity contribution in [2.45, 2.75) is 12.8 Å². The van der Waals surface area contributed by atoms with E-state index in [-0.39, 0.29) is 11.3 Å². The molecule has 7 heteroatoms. The first-order valence-electron chi connectivity index (χ1n) is 5.34. The average molecular weight is 383 g/mol. The molecule has 0 aromatic heterocycles. The number of nitro benzene ring substituents is 1. The number of nitrogens with zero attached hydrogens (tertiary/aromatic N) is 1. The van der Waals surface area contributed by atoms with Crippen molar-refractivity contribution in [3.63, 3.8) is 0 Å². The number of nitro groups is 1. The van der Waals surface area contributed by atoms with Gasteiger partial charge in [0.1, 0.15) is 5.56 Å². The van der Waals surface area contributed by atoms with E-state index < -0.39 is 10.8 Å². The van der Waals surface area contributed by atoms with Crippen LogP contribution in [-0.4, -0.2) is 21.8 Å². The summed E-state index contributed by atoms with van der Waals surface area (Å²) in [6, 6.07) is 3.95. The normalized spacial score (nSPS) is 10.1. The molecule has 0 radical (unpaired) electrons. The van der Waals surface area contributed by atoms with Crippen LogP contribution in [0.1, 0.15) is 23.2 Å². The van der Waals surface area contributed by atoms with Gasteiger partial charge in [-0.05, 0) is 29.4 Å². The Morgan fingerprint density at radius 3 is 2.78 bits per heavy atom. The van der Waals surface area contributed by atoms with Crippen molar-refractivity contribution in [1.82, 2.24) is 5.32 Å². The number of halogens is 2. The predicted molar refractivity (Wildman–Crippen MR) is 78.6 cm³/mol. The monoisotopic (exact) mass is 382 g/mol. The first-order chi connectivity index (χ1) is 8.56. The number of hydrogen-bond acceptors (Lipinski definition) is 3. The molecule has 0 saturated heterocycles. The summed E-state index contributed by atoms with van der Waals surface area (Å²) in [6.07, 6.45) is 1.85. The maximum Gasteiger partial charge on any atom is 0.282 e. The number of unbranched alkanes of at least 4 members (excludes halogenated alkanes) is 1. The van der Waals surface area contributed by atoms with Crippen LogP contribution in [-0.2, 0) is 0 Å². The molecule has 5 nitrogen and oxygen atoms in total. The van der Waals surface area contributed by atoms with Gasteiger partial charge in [-0.3, -0.25) is 14.9 Å². The first-order valence-corrected chi connectivity index (χ1v) is 7.24. The van der Waals surface area contributed by atoms with Gasteiger partial charge < -0.3 is 5.32 Å². The van der Waals surface area contributed by atoms with Gasteiger partial charge in [0.25, 0.3) is 11.6 Å². The molecule has 0 atom stereocenters. The maximum absolute atomic E-state index is 11.8.